The molecule has 3 aliphatic heterocycles. The van der Waals surface area contributed by atoms with Crippen LogP contribution in [0.15, 0.2) is 54.6 Å². The van der Waals surface area contributed by atoms with Crippen LogP contribution >= 0.6 is 0 Å². The number of benzene rings is 2. The van der Waals surface area contributed by atoms with Gasteiger partial charge in [0.2, 0.25) is 11.8 Å². The average Bonchev–Trinajstić information content (AvgIpc) is 3.23. The number of imide groups is 1. The first kappa shape index (κ1) is 18.7. The molecule has 0 unspecified atom stereocenters. The van der Waals surface area contributed by atoms with Gasteiger partial charge in [0.05, 0.1) is 17.9 Å². The summed E-state index contributed by atoms with van der Waals surface area (Å²) in [6.45, 7) is 2.27. The standard InChI is InChI=1S/C24H21FN2O3/c1-2-13-26-23(29)19-18-12-9-14-5-3-4-6-17(14)27(18)21(20(19)24(26)30)22(28)15-7-10-16(25)11-8-15/h3-12,18-21H,2,13H2,1H3/t18-,19-,20-,21+/m0/s1. The first-order valence-electron chi connectivity index (χ1n) is 10.2. The number of halogens is 1. The molecular formula is C24H21FN2O3. The Morgan fingerprint density at radius 2 is 1.70 bits per heavy atom. The zero-order valence-electron chi connectivity index (χ0n) is 16.5. The first-order valence-corrected chi connectivity index (χ1v) is 10.2. The zero-order chi connectivity index (χ0) is 21.0. The molecule has 0 radical (unpaired) electrons. The van der Waals surface area contributed by atoms with Crippen LogP contribution in [0.4, 0.5) is 10.1 Å². The molecule has 3 heterocycles. The number of ketones is 1. The summed E-state index contributed by atoms with van der Waals surface area (Å²) in [4.78, 5) is 43.3. The second-order valence-corrected chi connectivity index (χ2v) is 8.01. The van der Waals surface area contributed by atoms with Crippen molar-refractivity contribution in [3.63, 3.8) is 0 Å². The van der Waals surface area contributed by atoms with E-state index in [-0.39, 0.29) is 23.6 Å². The Labute approximate surface area is 173 Å². The molecule has 0 aliphatic carbocycles. The third-order valence-corrected chi connectivity index (χ3v) is 6.35. The van der Waals surface area contributed by atoms with Gasteiger partial charge >= 0.3 is 0 Å². The highest BCUT2D eigenvalue weighted by Gasteiger charge is 2.63. The lowest BCUT2D eigenvalue weighted by Crippen LogP contribution is -2.48. The minimum Gasteiger partial charge on any atom is -0.352 e. The number of hydrogen-bond acceptors (Lipinski definition) is 4. The molecule has 6 heteroatoms. The van der Waals surface area contributed by atoms with E-state index in [1.807, 2.05) is 48.2 Å². The molecule has 0 bridgehead atoms. The molecular weight excluding hydrogens is 383 g/mol. The molecule has 0 spiro atoms. The number of hydrogen-bond donors (Lipinski definition) is 0. The number of fused-ring (bicyclic) bond motifs is 5. The highest BCUT2D eigenvalue weighted by Crippen LogP contribution is 2.48. The number of nitrogens with zero attached hydrogens (tertiary/aromatic N) is 2. The van der Waals surface area contributed by atoms with Crippen molar-refractivity contribution >= 4 is 29.4 Å². The summed E-state index contributed by atoms with van der Waals surface area (Å²) < 4.78 is 13.4. The molecule has 2 saturated heterocycles. The van der Waals surface area contributed by atoms with Crippen molar-refractivity contribution in [1.82, 2.24) is 4.90 Å². The smallest absolute Gasteiger partial charge is 0.235 e. The summed E-state index contributed by atoms with van der Waals surface area (Å²) in [5.74, 6) is -2.53. The summed E-state index contributed by atoms with van der Waals surface area (Å²) in [6, 6.07) is 11.9. The van der Waals surface area contributed by atoms with Gasteiger partial charge in [-0.2, -0.15) is 0 Å². The Balaban J connectivity index is 1.65. The lowest BCUT2D eigenvalue weighted by atomic mass is 9.86. The Morgan fingerprint density at radius 1 is 1.00 bits per heavy atom. The second-order valence-electron chi connectivity index (χ2n) is 8.01. The van der Waals surface area contributed by atoms with Crippen molar-refractivity contribution in [2.45, 2.75) is 25.4 Å². The van der Waals surface area contributed by atoms with Crippen LogP contribution in [0.3, 0.4) is 0 Å². The van der Waals surface area contributed by atoms with E-state index in [1.165, 1.54) is 29.2 Å². The van der Waals surface area contributed by atoms with Crippen molar-refractivity contribution in [1.29, 1.82) is 0 Å². The van der Waals surface area contributed by atoms with Gasteiger partial charge in [-0.05, 0) is 42.3 Å². The summed E-state index contributed by atoms with van der Waals surface area (Å²) in [5, 5.41) is 0. The maximum absolute atomic E-state index is 13.6. The fourth-order valence-corrected chi connectivity index (χ4v) is 5.10. The largest absolute Gasteiger partial charge is 0.352 e. The van der Waals surface area contributed by atoms with Crippen LogP contribution in [0.1, 0.15) is 29.3 Å². The van der Waals surface area contributed by atoms with Gasteiger partial charge in [-0.25, -0.2) is 4.39 Å². The van der Waals surface area contributed by atoms with Crippen LogP contribution in [0.25, 0.3) is 6.08 Å². The average molecular weight is 404 g/mol. The lowest BCUT2D eigenvalue weighted by Gasteiger charge is -2.36. The van der Waals surface area contributed by atoms with Crippen LogP contribution < -0.4 is 4.90 Å². The molecule has 4 atom stereocenters. The van der Waals surface area contributed by atoms with E-state index in [1.54, 1.807) is 0 Å². The first-order chi connectivity index (χ1) is 14.5. The van der Waals surface area contributed by atoms with E-state index in [4.69, 9.17) is 0 Å². The molecule has 152 valence electrons. The van der Waals surface area contributed by atoms with Gasteiger partial charge in [0.15, 0.2) is 5.78 Å². The number of para-hydroxylation sites is 1. The minimum absolute atomic E-state index is 0.208. The number of Topliss-reactive ketones (excluding diaryl/α,β-unsaturated/α-hetero) is 1. The zero-order valence-corrected chi connectivity index (χ0v) is 16.5. The summed E-state index contributed by atoms with van der Waals surface area (Å²) in [7, 11) is 0. The number of likely N-dealkylation sites (tertiary alicyclic amines) is 1. The Bertz CT molecular complexity index is 1080. The topological polar surface area (TPSA) is 57.7 Å². The monoisotopic (exact) mass is 404 g/mol. The molecule has 5 nitrogen and oxygen atoms in total. The quantitative estimate of drug-likeness (QED) is 0.580. The van der Waals surface area contributed by atoms with Crippen molar-refractivity contribution in [3.05, 3.63) is 71.6 Å². The van der Waals surface area contributed by atoms with E-state index < -0.39 is 23.7 Å². The molecule has 2 aromatic carbocycles. The van der Waals surface area contributed by atoms with E-state index in [0.717, 1.165) is 11.3 Å². The maximum Gasteiger partial charge on any atom is 0.235 e. The lowest BCUT2D eigenvalue weighted by molar-refractivity contribution is -0.140. The molecule has 2 fully saturated rings. The Hall–Kier alpha value is -3.28. The molecule has 5 rings (SSSR count). The van der Waals surface area contributed by atoms with Crippen molar-refractivity contribution < 1.29 is 18.8 Å². The van der Waals surface area contributed by atoms with E-state index in [0.29, 0.717) is 18.5 Å². The van der Waals surface area contributed by atoms with Crippen LogP contribution in [-0.4, -0.2) is 41.1 Å². The maximum atomic E-state index is 13.6. The number of rotatable bonds is 4. The fourth-order valence-electron chi connectivity index (χ4n) is 5.10. The summed E-state index contributed by atoms with van der Waals surface area (Å²) in [6.07, 6.45) is 4.55. The highest BCUT2D eigenvalue weighted by molar-refractivity contribution is 6.14. The van der Waals surface area contributed by atoms with Gasteiger partial charge in [-0.1, -0.05) is 37.3 Å². The normalized spacial score (nSPS) is 26.6. The molecule has 2 aromatic rings. The van der Waals surface area contributed by atoms with Gasteiger partial charge in [0.25, 0.3) is 0 Å². The molecule has 2 amide bonds. The number of amides is 2. The van der Waals surface area contributed by atoms with Gasteiger partial charge < -0.3 is 4.90 Å². The third kappa shape index (κ3) is 2.56. The predicted octanol–water partition coefficient (Wildman–Crippen LogP) is 3.30. The molecule has 3 aliphatic rings. The van der Waals surface area contributed by atoms with E-state index >= 15 is 0 Å². The van der Waals surface area contributed by atoms with Crippen LogP contribution in [-0.2, 0) is 9.59 Å². The van der Waals surface area contributed by atoms with Crippen LogP contribution in [0.5, 0.6) is 0 Å². The van der Waals surface area contributed by atoms with Gasteiger partial charge in [0.1, 0.15) is 11.9 Å². The van der Waals surface area contributed by atoms with Crippen LogP contribution in [0.2, 0.25) is 0 Å². The predicted molar refractivity (Wildman–Crippen MR) is 110 cm³/mol. The highest BCUT2D eigenvalue weighted by atomic mass is 19.1. The fraction of sp³-hybridized carbons (Fsp3) is 0.292. The van der Waals surface area contributed by atoms with E-state index in [9.17, 15) is 18.8 Å². The molecule has 30 heavy (non-hydrogen) atoms. The van der Waals surface area contributed by atoms with Gasteiger partial charge in [-0.3, -0.25) is 19.3 Å². The van der Waals surface area contributed by atoms with Crippen molar-refractivity contribution in [2.75, 3.05) is 11.4 Å². The van der Waals surface area contributed by atoms with E-state index in [2.05, 4.69) is 0 Å². The molecule has 0 N–H and O–H groups in total. The third-order valence-electron chi connectivity index (χ3n) is 6.35. The number of carbonyl (C=O) groups excluding carboxylic acids is 3. The van der Waals surface area contributed by atoms with Gasteiger partial charge in [-0.15, -0.1) is 0 Å². The van der Waals surface area contributed by atoms with Gasteiger partial charge in [0, 0.05) is 17.8 Å². The second kappa shape index (κ2) is 6.90. The summed E-state index contributed by atoms with van der Waals surface area (Å²) >= 11 is 0. The Kier molecular flexibility index (Phi) is 4.31. The van der Waals surface area contributed by atoms with Crippen LogP contribution in [0, 0.1) is 17.7 Å². The van der Waals surface area contributed by atoms with Crippen molar-refractivity contribution in [2.24, 2.45) is 11.8 Å². The SMILES string of the molecule is CCCN1C(=O)[C@@H]2[C@H](C1=O)[C@H](C(=O)c1ccc(F)cc1)N1c3ccccc3C=C[C@@H]21. The summed E-state index contributed by atoms with van der Waals surface area (Å²) in [5.41, 5.74) is 2.11. The number of carbonyl (C=O) groups is 3. The molecule has 0 aromatic heterocycles. The van der Waals surface area contributed by atoms with Crippen molar-refractivity contribution in [3.8, 4) is 0 Å². The minimum atomic E-state index is -0.810. The number of anilines is 1. The molecule has 0 saturated carbocycles. The Morgan fingerprint density at radius 3 is 2.43 bits per heavy atom.